The molecule has 0 aromatic heterocycles. The number of halogens is 4. The molecule has 0 unspecified atom stereocenters. The minimum atomic E-state index is -3.69. The second-order valence-corrected chi connectivity index (χ2v) is 1.59. The van der Waals surface area contributed by atoms with E-state index in [-0.39, 0.29) is 51.4 Å². The second kappa shape index (κ2) is 2.19. The van der Waals surface area contributed by atoms with E-state index in [1.165, 1.54) is 0 Å². The summed E-state index contributed by atoms with van der Waals surface area (Å²) in [5, 5.41) is 0. The average Bonchev–Trinajstić information content (AvgIpc) is 1.63. The standard InChI is InChI=1S/C3H2F4.K/c4-2(5)1-3(2,6)7;/h1H2;. The molecule has 1 aliphatic rings. The van der Waals surface area contributed by atoms with Crippen molar-refractivity contribution in [2.45, 2.75) is 18.3 Å². The van der Waals surface area contributed by atoms with E-state index in [0.29, 0.717) is 0 Å². The van der Waals surface area contributed by atoms with Gasteiger partial charge in [0.25, 0.3) is 0 Å². The van der Waals surface area contributed by atoms with Gasteiger partial charge in [0.15, 0.2) is 0 Å². The van der Waals surface area contributed by atoms with Crippen LogP contribution in [0, 0.1) is 0 Å². The summed E-state index contributed by atoms with van der Waals surface area (Å²) in [6, 6.07) is 0. The average molecular weight is 153 g/mol. The second-order valence-electron chi connectivity index (χ2n) is 1.59. The number of alkyl halides is 4. The molecule has 8 heavy (non-hydrogen) atoms. The Hall–Kier alpha value is 1.36. The Morgan fingerprint density at radius 1 is 0.875 bits per heavy atom. The molecule has 5 heteroatoms. The smallest absolute Gasteiger partial charge is 0.200 e. The maximum atomic E-state index is 11.2. The summed E-state index contributed by atoms with van der Waals surface area (Å²) < 4.78 is 44.6. The van der Waals surface area contributed by atoms with Gasteiger partial charge < -0.3 is 0 Å². The van der Waals surface area contributed by atoms with Crippen LogP contribution in [0.25, 0.3) is 0 Å². The van der Waals surface area contributed by atoms with Gasteiger partial charge in [0.05, 0.1) is 6.42 Å². The summed E-state index contributed by atoms with van der Waals surface area (Å²) in [4.78, 5) is 0. The molecule has 0 saturated heterocycles. The Labute approximate surface area is 86.0 Å². The zero-order chi connectivity index (χ0) is 5.71. The predicted molar refractivity (Wildman–Crippen MR) is 20.3 cm³/mol. The zero-order valence-corrected chi connectivity index (χ0v) is 7.34. The van der Waals surface area contributed by atoms with Gasteiger partial charge in [-0.15, -0.1) is 0 Å². The fraction of sp³-hybridized carbons (Fsp3) is 1.00. The quantitative estimate of drug-likeness (QED) is 0.363. The van der Waals surface area contributed by atoms with Crippen LogP contribution in [0.3, 0.4) is 0 Å². The maximum absolute atomic E-state index is 11.2. The number of hydrogen-bond acceptors (Lipinski definition) is 0. The topological polar surface area (TPSA) is 0 Å². The van der Waals surface area contributed by atoms with E-state index in [4.69, 9.17) is 0 Å². The minimum Gasteiger partial charge on any atom is -0.200 e. The fourth-order valence-corrected chi connectivity index (χ4v) is 0.235. The van der Waals surface area contributed by atoms with Crippen LogP contribution < -0.4 is 0 Å². The molecule has 0 N–H and O–H groups in total. The van der Waals surface area contributed by atoms with Crippen molar-refractivity contribution in [1.29, 1.82) is 0 Å². The van der Waals surface area contributed by atoms with Gasteiger partial charge in [0, 0.05) is 51.4 Å². The normalized spacial score (nSPS) is 28.5. The van der Waals surface area contributed by atoms with Crippen molar-refractivity contribution in [3.63, 3.8) is 0 Å². The van der Waals surface area contributed by atoms with Gasteiger partial charge in [-0.3, -0.25) is 0 Å². The summed E-state index contributed by atoms with van der Waals surface area (Å²) in [6.45, 7) is 0. The first-order valence-corrected chi connectivity index (χ1v) is 1.71. The van der Waals surface area contributed by atoms with Crippen molar-refractivity contribution in [3.05, 3.63) is 0 Å². The van der Waals surface area contributed by atoms with Gasteiger partial charge in [-0.2, -0.15) is 17.6 Å². The first kappa shape index (κ1) is 9.36. The van der Waals surface area contributed by atoms with Crippen molar-refractivity contribution in [2.75, 3.05) is 0 Å². The van der Waals surface area contributed by atoms with Crippen LogP contribution in [-0.2, 0) is 0 Å². The van der Waals surface area contributed by atoms with Crippen LogP contribution in [0.15, 0.2) is 0 Å². The maximum Gasteiger partial charge on any atom is 0.316 e. The van der Waals surface area contributed by atoms with E-state index >= 15 is 0 Å². The molecular formula is C3H2F4K. The monoisotopic (exact) mass is 153 g/mol. The van der Waals surface area contributed by atoms with Gasteiger partial charge in [-0.1, -0.05) is 0 Å². The van der Waals surface area contributed by atoms with Crippen molar-refractivity contribution >= 4 is 51.4 Å². The van der Waals surface area contributed by atoms with Crippen LogP contribution in [0.1, 0.15) is 6.42 Å². The molecule has 0 atom stereocenters. The molecule has 0 aromatic rings. The molecule has 1 saturated carbocycles. The number of hydrogen-bond donors (Lipinski definition) is 0. The molecule has 1 rings (SSSR count). The van der Waals surface area contributed by atoms with E-state index < -0.39 is 18.3 Å². The molecule has 0 aliphatic heterocycles. The van der Waals surface area contributed by atoms with Crippen molar-refractivity contribution in [1.82, 2.24) is 0 Å². The van der Waals surface area contributed by atoms with Crippen LogP contribution in [0.2, 0.25) is 0 Å². The Kier molecular flexibility index (Phi) is 2.57. The van der Waals surface area contributed by atoms with Crippen molar-refractivity contribution in [3.8, 4) is 0 Å². The molecule has 0 nitrogen and oxygen atoms in total. The molecule has 1 fully saturated rings. The third-order valence-electron chi connectivity index (χ3n) is 0.854. The summed E-state index contributed by atoms with van der Waals surface area (Å²) in [5.41, 5.74) is 0. The minimum absolute atomic E-state index is 0. The van der Waals surface area contributed by atoms with Gasteiger partial charge >= 0.3 is 11.8 Å². The SMILES string of the molecule is FC1(F)CC1(F)F.[K]. The van der Waals surface area contributed by atoms with E-state index in [1.807, 2.05) is 0 Å². The Morgan fingerprint density at radius 2 is 1.00 bits per heavy atom. The third-order valence-corrected chi connectivity index (χ3v) is 0.854. The van der Waals surface area contributed by atoms with E-state index in [9.17, 15) is 17.6 Å². The van der Waals surface area contributed by atoms with Gasteiger partial charge in [0.1, 0.15) is 0 Å². The molecule has 1 aliphatic carbocycles. The molecule has 0 spiro atoms. The predicted octanol–water partition coefficient (Wildman–Crippen LogP) is 1.28. The van der Waals surface area contributed by atoms with E-state index in [2.05, 4.69) is 0 Å². The largest absolute Gasteiger partial charge is 0.316 e. The Morgan fingerprint density at radius 3 is 1.00 bits per heavy atom. The fourth-order valence-electron chi connectivity index (χ4n) is 0.235. The molecule has 0 bridgehead atoms. The molecule has 0 amide bonds. The molecule has 43 valence electrons. The third kappa shape index (κ3) is 1.44. The molecule has 1 radical (unpaired) electrons. The van der Waals surface area contributed by atoms with Crippen LogP contribution in [-0.4, -0.2) is 63.2 Å². The Bertz CT molecular complexity index is 87.5. The van der Waals surface area contributed by atoms with Crippen molar-refractivity contribution in [2.24, 2.45) is 0 Å². The first-order chi connectivity index (χ1) is 2.96. The summed E-state index contributed by atoms with van der Waals surface area (Å²) in [6.07, 6.45) is -1.26. The Balaban J connectivity index is 0.000000490. The molecule has 0 aromatic carbocycles. The van der Waals surface area contributed by atoms with E-state index in [1.54, 1.807) is 0 Å². The van der Waals surface area contributed by atoms with Gasteiger partial charge in [0.2, 0.25) is 0 Å². The summed E-state index contributed by atoms with van der Waals surface area (Å²) in [5.74, 6) is -7.38. The molecule has 0 heterocycles. The first-order valence-electron chi connectivity index (χ1n) is 1.71. The van der Waals surface area contributed by atoms with Crippen LogP contribution >= 0.6 is 0 Å². The number of rotatable bonds is 0. The molecular weight excluding hydrogens is 151 g/mol. The van der Waals surface area contributed by atoms with Crippen LogP contribution in [0.5, 0.6) is 0 Å². The van der Waals surface area contributed by atoms with Crippen molar-refractivity contribution < 1.29 is 17.6 Å². The summed E-state index contributed by atoms with van der Waals surface area (Å²) in [7, 11) is 0. The van der Waals surface area contributed by atoms with Gasteiger partial charge in [-0.25, -0.2) is 0 Å². The van der Waals surface area contributed by atoms with E-state index in [0.717, 1.165) is 0 Å². The van der Waals surface area contributed by atoms with Crippen LogP contribution in [0.4, 0.5) is 17.6 Å². The van der Waals surface area contributed by atoms with Gasteiger partial charge in [-0.05, 0) is 0 Å². The zero-order valence-electron chi connectivity index (χ0n) is 4.22. The summed E-state index contributed by atoms with van der Waals surface area (Å²) >= 11 is 0.